The molecule has 1 aliphatic carbocycles. The average Bonchev–Trinajstić information content (AvgIpc) is 2.77. The fraction of sp³-hybridized carbons (Fsp3) is 0.182. The Morgan fingerprint density at radius 2 is 2.03 bits per heavy atom. The third kappa shape index (κ3) is 4.26. The predicted molar refractivity (Wildman–Crippen MR) is 115 cm³/mol. The molecule has 3 aromatic rings. The molecule has 1 aromatic carbocycles. The van der Waals surface area contributed by atoms with Crippen molar-refractivity contribution in [2.75, 3.05) is 7.11 Å². The van der Waals surface area contributed by atoms with E-state index in [-0.39, 0.29) is 17.8 Å². The van der Waals surface area contributed by atoms with Crippen LogP contribution in [0.3, 0.4) is 0 Å². The first kappa shape index (κ1) is 19.4. The first-order chi connectivity index (χ1) is 14.2. The fourth-order valence-electron chi connectivity index (χ4n) is 3.38. The van der Waals surface area contributed by atoms with Gasteiger partial charge < -0.3 is 10.1 Å². The maximum absolute atomic E-state index is 12.4. The number of hydrogen-bond donors (Lipinski definition) is 1. The van der Waals surface area contributed by atoms with Crippen LogP contribution in [0.2, 0.25) is 0 Å². The first-order valence-electron chi connectivity index (χ1n) is 9.17. The van der Waals surface area contributed by atoms with Gasteiger partial charge in [-0.1, -0.05) is 30.4 Å². The van der Waals surface area contributed by atoms with Crippen LogP contribution in [0.25, 0.3) is 16.3 Å². The molecule has 2 heterocycles. The third-order valence-electron chi connectivity index (χ3n) is 4.86. The maximum atomic E-state index is 12.4. The number of nitrogens with one attached hydrogen (secondary N) is 1. The van der Waals surface area contributed by atoms with Crippen molar-refractivity contribution < 1.29 is 9.53 Å². The van der Waals surface area contributed by atoms with Crippen molar-refractivity contribution in [1.82, 2.24) is 20.3 Å². The standard InChI is InChI=1S/C22H19BrN4O2/c1-29-17-4-2-3-14(9-17)18-6-5-15(20-13-24-8-7-19(18)20)10-27-22(28)21-25-11-16(23)12-26-21/h2-8,11-13,17H,9-10H2,1H3,(H,27,28). The molecule has 1 aliphatic rings. The summed E-state index contributed by atoms with van der Waals surface area (Å²) in [5, 5.41) is 5.00. The van der Waals surface area contributed by atoms with Gasteiger partial charge in [0.05, 0.1) is 10.6 Å². The lowest BCUT2D eigenvalue weighted by molar-refractivity contribution is 0.0940. The number of aromatic nitrogens is 3. The predicted octanol–water partition coefficient (Wildman–Crippen LogP) is 4.08. The number of benzene rings is 1. The fourth-order valence-corrected chi connectivity index (χ4v) is 3.58. The summed E-state index contributed by atoms with van der Waals surface area (Å²) in [5.74, 6) is -0.182. The summed E-state index contributed by atoms with van der Waals surface area (Å²) in [6.07, 6.45) is 13.8. The van der Waals surface area contributed by atoms with Crippen LogP contribution in [0.4, 0.5) is 0 Å². The summed E-state index contributed by atoms with van der Waals surface area (Å²) in [6, 6.07) is 6.13. The monoisotopic (exact) mass is 450 g/mol. The molecule has 1 amide bonds. The van der Waals surface area contributed by atoms with E-state index in [4.69, 9.17) is 4.74 Å². The molecule has 7 heteroatoms. The molecule has 0 saturated carbocycles. The van der Waals surface area contributed by atoms with Crippen LogP contribution >= 0.6 is 15.9 Å². The number of allylic oxidation sites excluding steroid dienone is 2. The molecule has 4 rings (SSSR count). The van der Waals surface area contributed by atoms with Crippen LogP contribution < -0.4 is 5.32 Å². The number of pyridine rings is 1. The van der Waals surface area contributed by atoms with Gasteiger partial charge in [-0.2, -0.15) is 0 Å². The van der Waals surface area contributed by atoms with Gasteiger partial charge >= 0.3 is 0 Å². The van der Waals surface area contributed by atoms with Crippen LogP contribution in [0.15, 0.2) is 65.7 Å². The van der Waals surface area contributed by atoms with Crippen LogP contribution in [0.5, 0.6) is 0 Å². The minimum atomic E-state index is -0.318. The highest BCUT2D eigenvalue weighted by atomic mass is 79.9. The van der Waals surface area contributed by atoms with Crippen LogP contribution in [0.1, 0.15) is 28.2 Å². The molecule has 2 aromatic heterocycles. The molecular formula is C22H19BrN4O2. The highest BCUT2D eigenvalue weighted by Gasteiger charge is 2.16. The van der Waals surface area contributed by atoms with Crippen molar-refractivity contribution in [3.63, 3.8) is 0 Å². The minimum absolute atomic E-state index is 0.0803. The van der Waals surface area contributed by atoms with Gasteiger partial charge in [0.25, 0.3) is 5.91 Å². The molecule has 0 bridgehead atoms. The molecule has 0 spiro atoms. The van der Waals surface area contributed by atoms with Gasteiger partial charge in [-0.15, -0.1) is 0 Å². The van der Waals surface area contributed by atoms with E-state index in [1.54, 1.807) is 25.7 Å². The van der Waals surface area contributed by atoms with Crippen molar-refractivity contribution in [2.45, 2.75) is 19.1 Å². The lowest BCUT2D eigenvalue weighted by Crippen LogP contribution is -2.25. The van der Waals surface area contributed by atoms with Crippen molar-refractivity contribution in [1.29, 1.82) is 0 Å². The number of carbonyl (C=O) groups excluding carboxylic acids is 1. The first-order valence-corrected chi connectivity index (χ1v) is 9.97. The molecule has 0 fully saturated rings. The summed E-state index contributed by atoms with van der Waals surface area (Å²) in [4.78, 5) is 24.7. The number of rotatable bonds is 5. The average molecular weight is 451 g/mol. The number of amides is 1. The van der Waals surface area contributed by atoms with E-state index in [1.807, 2.05) is 24.4 Å². The van der Waals surface area contributed by atoms with E-state index in [0.717, 1.165) is 32.8 Å². The van der Waals surface area contributed by atoms with Gasteiger partial charge in [0.2, 0.25) is 5.82 Å². The van der Waals surface area contributed by atoms with E-state index >= 15 is 0 Å². The van der Waals surface area contributed by atoms with Crippen molar-refractivity contribution >= 4 is 38.2 Å². The normalized spacial score (nSPS) is 15.9. The molecule has 1 unspecified atom stereocenters. The summed E-state index contributed by atoms with van der Waals surface area (Å²) >= 11 is 3.26. The van der Waals surface area contributed by atoms with E-state index < -0.39 is 0 Å². The molecule has 146 valence electrons. The molecule has 0 aliphatic heterocycles. The molecule has 0 saturated heterocycles. The Labute approximate surface area is 176 Å². The second-order valence-electron chi connectivity index (χ2n) is 6.66. The lowest BCUT2D eigenvalue weighted by Gasteiger charge is -2.19. The Kier molecular flexibility index (Phi) is 5.78. The smallest absolute Gasteiger partial charge is 0.289 e. The summed E-state index contributed by atoms with van der Waals surface area (Å²) in [5.41, 5.74) is 3.35. The molecule has 1 atom stereocenters. The number of methoxy groups -OCH3 is 1. The summed E-state index contributed by atoms with van der Waals surface area (Å²) in [7, 11) is 1.72. The number of carbonyl (C=O) groups is 1. The number of fused-ring (bicyclic) bond motifs is 1. The van der Waals surface area contributed by atoms with Gasteiger partial charge in [0.15, 0.2) is 0 Å². The van der Waals surface area contributed by atoms with Gasteiger partial charge in [-0.3, -0.25) is 9.78 Å². The van der Waals surface area contributed by atoms with Crippen LogP contribution in [-0.4, -0.2) is 34.1 Å². The van der Waals surface area contributed by atoms with Crippen molar-refractivity contribution in [3.05, 3.63) is 82.6 Å². The van der Waals surface area contributed by atoms with E-state index in [2.05, 4.69) is 54.4 Å². The van der Waals surface area contributed by atoms with Crippen molar-refractivity contribution in [3.8, 4) is 0 Å². The highest BCUT2D eigenvalue weighted by molar-refractivity contribution is 9.10. The Morgan fingerprint density at radius 3 is 2.83 bits per heavy atom. The van der Waals surface area contributed by atoms with Crippen LogP contribution in [0, 0.1) is 0 Å². The van der Waals surface area contributed by atoms with Gasteiger partial charge in [-0.05, 0) is 44.1 Å². The summed E-state index contributed by atoms with van der Waals surface area (Å²) in [6.45, 7) is 0.361. The zero-order valence-corrected chi connectivity index (χ0v) is 17.4. The molecule has 1 N–H and O–H groups in total. The number of hydrogen-bond acceptors (Lipinski definition) is 5. The number of halogens is 1. The molecule has 0 radical (unpaired) electrons. The third-order valence-corrected chi connectivity index (χ3v) is 5.27. The Hall–Kier alpha value is -2.90. The van der Waals surface area contributed by atoms with Gasteiger partial charge in [-0.25, -0.2) is 9.97 Å². The quantitative estimate of drug-likeness (QED) is 0.633. The summed E-state index contributed by atoms with van der Waals surface area (Å²) < 4.78 is 6.22. The zero-order chi connectivity index (χ0) is 20.2. The Balaban J connectivity index is 1.60. The topological polar surface area (TPSA) is 77.0 Å². The molecule has 6 nitrogen and oxygen atoms in total. The molecular weight excluding hydrogens is 432 g/mol. The SMILES string of the molecule is COC1C=CC=C(c2ccc(CNC(=O)c3ncc(Br)cn3)c3cnccc23)C1. The van der Waals surface area contributed by atoms with E-state index in [9.17, 15) is 4.79 Å². The van der Waals surface area contributed by atoms with Gasteiger partial charge in [0.1, 0.15) is 0 Å². The second kappa shape index (κ2) is 8.63. The lowest BCUT2D eigenvalue weighted by atomic mass is 9.91. The maximum Gasteiger partial charge on any atom is 0.289 e. The number of nitrogens with zero attached hydrogens (tertiary/aromatic N) is 3. The Bertz CT molecular complexity index is 1110. The van der Waals surface area contributed by atoms with Gasteiger partial charge in [0, 0.05) is 50.2 Å². The zero-order valence-electron chi connectivity index (χ0n) is 15.8. The second-order valence-corrected chi connectivity index (χ2v) is 7.57. The van der Waals surface area contributed by atoms with E-state index in [0.29, 0.717) is 6.54 Å². The largest absolute Gasteiger partial charge is 0.377 e. The van der Waals surface area contributed by atoms with Crippen molar-refractivity contribution in [2.24, 2.45) is 0 Å². The van der Waals surface area contributed by atoms with Crippen LogP contribution in [-0.2, 0) is 11.3 Å². The highest BCUT2D eigenvalue weighted by Crippen LogP contribution is 2.32. The minimum Gasteiger partial charge on any atom is -0.377 e. The molecule has 29 heavy (non-hydrogen) atoms. The Morgan fingerprint density at radius 1 is 1.21 bits per heavy atom. The number of ether oxygens (including phenoxy) is 1. The van der Waals surface area contributed by atoms with E-state index in [1.165, 1.54) is 5.57 Å².